The molecule has 1 fully saturated rings. The molecule has 1 saturated carbocycles. The molecule has 1 aromatic carbocycles. The normalized spacial score (nSPS) is 16.1. The van der Waals surface area contributed by atoms with Gasteiger partial charge in [-0.1, -0.05) is 25.1 Å². The summed E-state index contributed by atoms with van der Waals surface area (Å²) >= 11 is 0. The number of pyridine rings is 1. The summed E-state index contributed by atoms with van der Waals surface area (Å²) in [6, 6.07) is 14.4. The number of aryl methyl sites for hydroxylation is 2. The zero-order valence-corrected chi connectivity index (χ0v) is 18.4. The molecule has 4 heterocycles. The van der Waals surface area contributed by atoms with Crippen LogP contribution in [0.15, 0.2) is 54.9 Å². The van der Waals surface area contributed by atoms with Gasteiger partial charge < -0.3 is 4.90 Å². The van der Waals surface area contributed by atoms with Gasteiger partial charge in [-0.25, -0.2) is 4.68 Å². The third-order valence-electron chi connectivity index (χ3n) is 6.95. The van der Waals surface area contributed by atoms with Crippen LogP contribution in [-0.4, -0.2) is 42.4 Å². The van der Waals surface area contributed by atoms with Gasteiger partial charge in [0.05, 0.1) is 16.9 Å². The van der Waals surface area contributed by atoms with Crippen molar-refractivity contribution >= 4 is 5.91 Å². The van der Waals surface area contributed by atoms with Crippen molar-refractivity contribution in [1.82, 2.24) is 29.4 Å². The number of carbonyl (C=O) groups is 1. The Bertz CT molecular complexity index is 1380. The van der Waals surface area contributed by atoms with Crippen molar-refractivity contribution in [3.63, 3.8) is 0 Å². The summed E-state index contributed by atoms with van der Waals surface area (Å²) in [6.07, 6.45) is 6.37. The second-order valence-electron chi connectivity index (χ2n) is 8.65. The first-order chi connectivity index (χ1) is 15.5. The Kier molecular flexibility index (Phi) is 3.93. The van der Waals surface area contributed by atoms with Gasteiger partial charge in [-0.2, -0.15) is 10.2 Å². The van der Waals surface area contributed by atoms with Crippen LogP contribution in [0.2, 0.25) is 0 Å². The average molecular weight is 425 g/mol. The Balaban J connectivity index is 1.61. The molecule has 0 atom stereocenters. The van der Waals surface area contributed by atoms with Crippen molar-refractivity contribution in [1.29, 1.82) is 0 Å². The van der Waals surface area contributed by atoms with Crippen LogP contribution in [0, 0.1) is 0 Å². The number of benzene rings is 1. The zero-order chi connectivity index (χ0) is 22.0. The minimum absolute atomic E-state index is 0.00297. The van der Waals surface area contributed by atoms with E-state index in [1.54, 1.807) is 10.9 Å². The topological polar surface area (TPSA) is 68.8 Å². The van der Waals surface area contributed by atoms with Gasteiger partial charge in [0.1, 0.15) is 11.4 Å². The molecule has 1 aliphatic heterocycles. The van der Waals surface area contributed by atoms with Crippen LogP contribution in [0.25, 0.3) is 28.2 Å². The predicted molar refractivity (Wildman–Crippen MR) is 121 cm³/mol. The fourth-order valence-electron chi connectivity index (χ4n) is 4.99. The number of fused-ring (bicyclic) bond motifs is 4. The molecule has 2 aliphatic rings. The van der Waals surface area contributed by atoms with Gasteiger partial charge in [-0.05, 0) is 49.1 Å². The molecule has 0 unspecified atom stereocenters. The molecule has 0 radical (unpaired) electrons. The molecule has 160 valence electrons. The molecule has 3 aromatic heterocycles. The van der Waals surface area contributed by atoms with Gasteiger partial charge in [0.2, 0.25) is 0 Å². The van der Waals surface area contributed by atoms with E-state index in [4.69, 9.17) is 5.10 Å². The fraction of sp³-hybridized carbons (Fsp3) is 0.280. The predicted octanol–water partition coefficient (Wildman–Crippen LogP) is 3.97. The summed E-state index contributed by atoms with van der Waals surface area (Å²) in [7, 11) is 3.80. The van der Waals surface area contributed by atoms with Crippen LogP contribution < -0.4 is 0 Å². The van der Waals surface area contributed by atoms with E-state index in [1.165, 1.54) is 0 Å². The second-order valence-corrected chi connectivity index (χ2v) is 8.65. The lowest BCUT2D eigenvalue weighted by atomic mass is 9.95. The molecule has 0 bridgehead atoms. The van der Waals surface area contributed by atoms with Crippen LogP contribution in [0.5, 0.6) is 0 Å². The zero-order valence-electron chi connectivity index (χ0n) is 18.4. The quantitative estimate of drug-likeness (QED) is 0.499. The maximum Gasteiger partial charge on any atom is 0.273 e. The highest BCUT2D eigenvalue weighted by Crippen LogP contribution is 2.54. The largest absolute Gasteiger partial charge is 0.331 e. The molecule has 1 amide bonds. The number of carbonyl (C=O) groups excluding carboxylic acids is 1. The first-order valence-electron chi connectivity index (χ1n) is 11.0. The SMILES string of the molecule is CCc1ncccc1-c1ccc2c(c1)-n1nc(-c3ccnn3C)cc1C(=O)N(C)C21CC1. The summed E-state index contributed by atoms with van der Waals surface area (Å²) in [5.74, 6) is -0.00297. The van der Waals surface area contributed by atoms with Crippen LogP contribution in [0.3, 0.4) is 0 Å². The van der Waals surface area contributed by atoms with Gasteiger partial charge >= 0.3 is 0 Å². The third-order valence-corrected chi connectivity index (χ3v) is 6.95. The Morgan fingerprint density at radius 1 is 1.03 bits per heavy atom. The lowest BCUT2D eigenvalue weighted by Gasteiger charge is -2.27. The van der Waals surface area contributed by atoms with Gasteiger partial charge in [0.25, 0.3) is 5.91 Å². The highest BCUT2D eigenvalue weighted by Gasteiger charge is 2.53. The summed E-state index contributed by atoms with van der Waals surface area (Å²) in [4.78, 5) is 20.0. The Labute approximate surface area is 186 Å². The molecular weight excluding hydrogens is 400 g/mol. The fourth-order valence-corrected chi connectivity index (χ4v) is 4.99. The number of hydrogen-bond acceptors (Lipinski definition) is 4. The van der Waals surface area contributed by atoms with Gasteiger partial charge in [0.15, 0.2) is 0 Å². The van der Waals surface area contributed by atoms with Crippen molar-refractivity contribution in [2.45, 2.75) is 31.7 Å². The number of rotatable bonds is 3. The highest BCUT2D eigenvalue weighted by molar-refractivity contribution is 5.96. The number of nitrogens with zero attached hydrogens (tertiary/aromatic N) is 6. The maximum atomic E-state index is 13.5. The maximum absolute atomic E-state index is 13.5. The molecule has 1 spiro atoms. The van der Waals surface area contributed by atoms with Gasteiger partial charge in [0, 0.05) is 43.3 Å². The van der Waals surface area contributed by atoms with Crippen molar-refractivity contribution in [3.8, 4) is 28.2 Å². The van der Waals surface area contributed by atoms with E-state index in [2.05, 4.69) is 41.3 Å². The molecule has 32 heavy (non-hydrogen) atoms. The summed E-state index contributed by atoms with van der Waals surface area (Å²) in [6.45, 7) is 2.12. The van der Waals surface area contributed by atoms with E-state index < -0.39 is 0 Å². The first-order valence-corrected chi connectivity index (χ1v) is 11.0. The molecule has 4 aromatic rings. The molecule has 7 nitrogen and oxygen atoms in total. The third kappa shape index (κ3) is 2.54. The van der Waals surface area contributed by atoms with Crippen LogP contribution in [0.4, 0.5) is 0 Å². The van der Waals surface area contributed by atoms with Crippen LogP contribution in [0.1, 0.15) is 41.5 Å². The van der Waals surface area contributed by atoms with E-state index in [9.17, 15) is 4.79 Å². The standard InChI is InChI=1S/C25H24N6O/c1-4-19-17(6-5-12-26-19)16-7-8-18-22(14-16)31-23(24(32)29(2)25(18)10-11-25)15-20(28-31)21-9-13-27-30(21)3/h5-9,12-15H,4,10-11H2,1-3H3. The smallest absolute Gasteiger partial charge is 0.273 e. The van der Waals surface area contributed by atoms with E-state index >= 15 is 0 Å². The molecule has 6 rings (SSSR count). The summed E-state index contributed by atoms with van der Waals surface area (Å²) in [5.41, 5.74) is 7.32. The summed E-state index contributed by atoms with van der Waals surface area (Å²) < 4.78 is 3.61. The first kappa shape index (κ1) is 19.0. The Morgan fingerprint density at radius 2 is 1.88 bits per heavy atom. The minimum atomic E-state index is -0.249. The number of amides is 1. The van der Waals surface area contributed by atoms with E-state index in [0.29, 0.717) is 5.69 Å². The lowest BCUT2D eigenvalue weighted by Crippen LogP contribution is -2.36. The van der Waals surface area contributed by atoms with E-state index in [0.717, 1.165) is 58.7 Å². The minimum Gasteiger partial charge on any atom is -0.331 e. The lowest BCUT2D eigenvalue weighted by molar-refractivity contribution is 0.0704. The second kappa shape index (κ2) is 6.63. The van der Waals surface area contributed by atoms with Crippen LogP contribution >= 0.6 is 0 Å². The molecule has 1 aliphatic carbocycles. The number of hydrogen-bond donors (Lipinski definition) is 0. The summed E-state index contributed by atoms with van der Waals surface area (Å²) in [5, 5.41) is 9.17. The molecule has 7 heteroatoms. The van der Waals surface area contributed by atoms with Crippen molar-refractivity contribution in [2.24, 2.45) is 7.05 Å². The van der Waals surface area contributed by atoms with Gasteiger partial charge in [-0.3, -0.25) is 14.5 Å². The molecule has 0 saturated heterocycles. The monoisotopic (exact) mass is 424 g/mol. The highest BCUT2D eigenvalue weighted by atomic mass is 16.2. The van der Waals surface area contributed by atoms with Crippen molar-refractivity contribution in [3.05, 3.63) is 71.8 Å². The van der Waals surface area contributed by atoms with Crippen molar-refractivity contribution < 1.29 is 4.79 Å². The Morgan fingerprint density at radius 3 is 2.59 bits per heavy atom. The van der Waals surface area contributed by atoms with E-state index in [-0.39, 0.29) is 11.4 Å². The van der Waals surface area contributed by atoms with Crippen LogP contribution in [-0.2, 0) is 19.0 Å². The van der Waals surface area contributed by atoms with Gasteiger partial charge in [-0.15, -0.1) is 0 Å². The van der Waals surface area contributed by atoms with Crippen molar-refractivity contribution in [2.75, 3.05) is 7.05 Å². The molecule has 0 N–H and O–H groups in total. The molecular formula is C25H24N6O. The average Bonchev–Trinajstić information content (AvgIpc) is 3.34. The van der Waals surface area contributed by atoms with E-state index in [1.807, 2.05) is 48.1 Å². The number of aromatic nitrogens is 5. The Hall–Kier alpha value is -3.74.